The fourth-order valence-corrected chi connectivity index (χ4v) is 9.90. The number of hydrogen-bond donors (Lipinski definition) is 0. The average Bonchev–Trinajstić information content (AvgIpc) is 3.91. The van der Waals surface area contributed by atoms with E-state index in [-0.39, 0.29) is 30.9 Å². The molecule has 0 spiro atoms. The van der Waals surface area contributed by atoms with Crippen molar-refractivity contribution in [2.24, 2.45) is 5.41 Å². The number of imidazole rings is 1. The molecule has 5 nitrogen and oxygen atoms in total. The number of pyridine rings is 1. The molecule has 6 aromatic carbocycles. The Kier molecular flexibility index (Phi) is 11.1. The largest absolute Gasteiger partial charge is 0.501 e. The van der Waals surface area contributed by atoms with Crippen LogP contribution < -0.4 is 5.19 Å². The van der Waals surface area contributed by atoms with Crippen molar-refractivity contribution >= 4 is 68.2 Å². The molecule has 309 valence electrons. The third kappa shape index (κ3) is 8.15. The van der Waals surface area contributed by atoms with Crippen LogP contribution >= 0.6 is 0 Å². The smallest absolute Gasteiger partial charge is 0.158 e. The van der Waals surface area contributed by atoms with Crippen LogP contribution in [-0.4, -0.2) is 22.6 Å². The second-order valence-electron chi connectivity index (χ2n) is 19.2. The second kappa shape index (κ2) is 16.0. The fraction of sp³-hybridized carbons (Fsp3) is 0.222. The van der Waals surface area contributed by atoms with Crippen LogP contribution in [0.25, 0.3) is 83.2 Å². The summed E-state index contributed by atoms with van der Waals surface area (Å²) in [5.74, 6) is 0.767. The summed E-state index contributed by atoms with van der Waals surface area (Å²) < 4.78 is 14.9. The van der Waals surface area contributed by atoms with Gasteiger partial charge in [-0.2, -0.15) is 0 Å². The molecule has 7 heteroatoms. The minimum atomic E-state index is -1.42. The van der Waals surface area contributed by atoms with Crippen molar-refractivity contribution in [2.75, 3.05) is 0 Å². The first kappa shape index (κ1) is 42.1. The molecule has 0 fully saturated rings. The van der Waals surface area contributed by atoms with Gasteiger partial charge in [0.1, 0.15) is 11.2 Å². The number of nitrogens with zero attached hydrogens (tertiary/aromatic N) is 3. The van der Waals surface area contributed by atoms with E-state index in [1.807, 2.05) is 66.7 Å². The Morgan fingerprint density at radius 2 is 1.28 bits per heavy atom. The van der Waals surface area contributed by atoms with Crippen LogP contribution in [0, 0.1) is 17.5 Å². The molecule has 0 N–H and O–H groups in total. The SMILES string of the molecule is CC(C)(C)Cc1cc(-c2[c-]ccc(C(C)(C)C)c2)ncc1[Si](C)(C)C.[Ir].[c-]1ccc2c(oc3ccccc32)c1-c1nc2ccccc2n1-c1cccc2c1oc1ccccc12. The van der Waals surface area contributed by atoms with E-state index < -0.39 is 8.07 Å². The predicted molar refractivity (Wildman–Crippen MR) is 253 cm³/mol. The van der Waals surface area contributed by atoms with Crippen LogP contribution in [0.15, 0.2) is 142 Å². The molecule has 0 atom stereocenters. The molecule has 0 saturated heterocycles. The molecule has 0 amide bonds. The first-order chi connectivity index (χ1) is 28.6. The number of para-hydroxylation sites is 5. The van der Waals surface area contributed by atoms with E-state index in [1.54, 1.807) is 0 Å². The summed E-state index contributed by atoms with van der Waals surface area (Å²) in [6.45, 7) is 20.9. The minimum Gasteiger partial charge on any atom is -0.501 e. The van der Waals surface area contributed by atoms with Gasteiger partial charge in [0.15, 0.2) is 5.58 Å². The van der Waals surface area contributed by atoms with Gasteiger partial charge < -0.3 is 18.4 Å². The Balaban J connectivity index is 0.000000177. The minimum absolute atomic E-state index is 0. The van der Waals surface area contributed by atoms with E-state index in [9.17, 15) is 0 Å². The van der Waals surface area contributed by atoms with Crippen LogP contribution in [0.4, 0.5) is 0 Å². The van der Waals surface area contributed by atoms with Gasteiger partial charge >= 0.3 is 0 Å². The van der Waals surface area contributed by atoms with Crippen LogP contribution in [0.2, 0.25) is 19.6 Å². The summed E-state index contributed by atoms with van der Waals surface area (Å²) >= 11 is 0. The Bertz CT molecular complexity index is 3210. The van der Waals surface area contributed by atoms with Gasteiger partial charge in [0.05, 0.1) is 36.2 Å². The van der Waals surface area contributed by atoms with E-state index in [2.05, 4.69) is 145 Å². The van der Waals surface area contributed by atoms with Gasteiger partial charge in [-0.25, -0.2) is 0 Å². The number of fused-ring (bicyclic) bond motifs is 7. The molecule has 0 aliphatic heterocycles. The van der Waals surface area contributed by atoms with Crippen molar-refractivity contribution in [1.82, 2.24) is 14.5 Å². The van der Waals surface area contributed by atoms with Crippen LogP contribution in [0.3, 0.4) is 0 Å². The second-order valence-corrected chi connectivity index (χ2v) is 24.2. The fourth-order valence-electron chi connectivity index (χ4n) is 8.32. The molecular formula is C54H51IrN3O2Si-2. The van der Waals surface area contributed by atoms with Gasteiger partial charge in [0.25, 0.3) is 0 Å². The van der Waals surface area contributed by atoms with Crippen molar-refractivity contribution in [2.45, 2.75) is 73.0 Å². The van der Waals surface area contributed by atoms with Crippen molar-refractivity contribution in [1.29, 1.82) is 0 Å². The zero-order chi connectivity index (χ0) is 42.0. The van der Waals surface area contributed by atoms with Gasteiger partial charge in [-0.1, -0.05) is 144 Å². The molecule has 10 aromatic rings. The van der Waals surface area contributed by atoms with E-state index in [1.165, 1.54) is 16.3 Å². The van der Waals surface area contributed by atoms with E-state index >= 15 is 0 Å². The molecule has 1 radical (unpaired) electrons. The molecule has 4 heterocycles. The van der Waals surface area contributed by atoms with Gasteiger partial charge in [0, 0.05) is 42.5 Å². The Hall–Kier alpha value is -5.59. The molecule has 4 aromatic heterocycles. The zero-order valence-corrected chi connectivity index (χ0v) is 39.8. The Morgan fingerprint density at radius 3 is 1.97 bits per heavy atom. The van der Waals surface area contributed by atoms with Crippen molar-refractivity contribution in [3.63, 3.8) is 0 Å². The summed E-state index contributed by atoms with van der Waals surface area (Å²) in [6, 6.07) is 50.3. The summed E-state index contributed by atoms with van der Waals surface area (Å²) in [6.07, 6.45) is 3.22. The van der Waals surface area contributed by atoms with Crippen LogP contribution in [0.5, 0.6) is 0 Å². The quantitative estimate of drug-likeness (QED) is 0.127. The molecular weight excluding hydrogens is 943 g/mol. The molecule has 10 rings (SSSR count). The van der Waals surface area contributed by atoms with Gasteiger partial charge in [0.2, 0.25) is 0 Å². The summed E-state index contributed by atoms with van der Waals surface area (Å²) in [5, 5.41) is 5.79. The normalized spacial score (nSPS) is 12.3. The van der Waals surface area contributed by atoms with Crippen molar-refractivity contribution in [3.05, 3.63) is 157 Å². The van der Waals surface area contributed by atoms with E-state index in [0.29, 0.717) is 0 Å². The number of hydrogen-bond acceptors (Lipinski definition) is 4. The first-order valence-electron chi connectivity index (χ1n) is 20.9. The maximum atomic E-state index is 6.40. The van der Waals surface area contributed by atoms with Gasteiger partial charge in [-0.3, -0.25) is 4.98 Å². The first-order valence-corrected chi connectivity index (χ1v) is 24.4. The number of furan rings is 2. The Morgan fingerprint density at radius 1 is 0.656 bits per heavy atom. The monoisotopic (exact) mass is 994 g/mol. The molecule has 0 aliphatic carbocycles. The molecule has 0 bridgehead atoms. The zero-order valence-electron chi connectivity index (χ0n) is 36.4. The maximum absolute atomic E-state index is 6.40. The molecule has 61 heavy (non-hydrogen) atoms. The summed E-state index contributed by atoms with van der Waals surface area (Å²) in [7, 11) is -1.42. The van der Waals surface area contributed by atoms with Crippen LogP contribution in [-0.2, 0) is 31.9 Å². The van der Waals surface area contributed by atoms with Gasteiger partial charge in [-0.15, -0.1) is 53.6 Å². The van der Waals surface area contributed by atoms with Crippen LogP contribution in [0.1, 0.15) is 52.7 Å². The van der Waals surface area contributed by atoms with E-state index in [4.69, 9.17) is 18.8 Å². The molecule has 0 unspecified atom stereocenters. The van der Waals surface area contributed by atoms with Gasteiger partial charge in [-0.05, 0) is 58.5 Å². The third-order valence-electron chi connectivity index (χ3n) is 11.2. The third-order valence-corrected chi connectivity index (χ3v) is 13.3. The average molecular weight is 994 g/mol. The van der Waals surface area contributed by atoms with Crippen molar-refractivity contribution < 1.29 is 28.9 Å². The summed E-state index contributed by atoms with van der Waals surface area (Å²) in [5.41, 5.74) is 12.3. The number of benzene rings is 6. The Labute approximate surface area is 373 Å². The van der Waals surface area contributed by atoms with Crippen molar-refractivity contribution in [3.8, 4) is 28.3 Å². The standard InChI is InChI=1S/C31H17N2O2.C23H34NSi.Ir/c1-5-17-27-19(9-1)21-11-7-13-23(29(21)34-27)31-32-24-14-3-4-15-25(24)33(31)26-16-8-12-22-20-10-2-6-18-28(20)35-30(22)26;1-22(2,3)15-18-14-20(24-16-21(18)25(7,8)9)17-11-10-12-19(13-17)23(4,5)6;/h1-12,14-18H;10,12-14,16H,15H2,1-9H3;/q2*-1;. The molecule has 0 aliphatic rings. The molecule has 0 saturated carbocycles. The number of rotatable bonds is 5. The predicted octanol–water partition coefficient (Wildman–Crippen LogP) is 14.3. The van der Waals surface area contributed by atoms with E-state index in [0.717, 1.165) is 89.7 Å². The number of aromatic nitrogens is 3. The summed E-state index contributed by atoms with van der Waals surface area (Å²) in [4.78, 5) is 9.90. The topological polar surface area (TPSA) is 57.0 Å². The maximum Gasteiger partial charge on any atom is 0.158 e.